The molecule has 0 radical (unpaired) electrons. The van der Waals surface area contributed by atoms with Crippen LogP contribution in [0.3, 0.4) is 0 Å². The lowest BCUT2D eigenvalue weighted by Crippen LogP contribution is -1.92. The maximum atomic E-state index is 5.53. The molecule has 5 heterocycles. The monoisotopic (exact) mass is 720 g/mol. The Labute approximate surface area is 321 Å². The van der Waals surface area contributed by atoms with Gasteiger partial charge in [-0.05, 0) is 70.8 Å². The lowest BCUT2D eigenvalue weighted by molar-refractivity contribution is 0.415. The third-order valence-electron chi connectivity index (χ3n) is 11.0. The fraction of sp³-hybridized carbons (Fsp3) is 0.0400. The van der Waals surface area contributed by atoms with Crippen molar-refractivity contribution in [2.75, 3.05) is 14.2 Å². The fourth-order valence-corrected chi connectivity index (χ4v) is 8.21. The van der Waals surface area contributed by atoms with Crippen LogP contribution >= 0.6 is 0 Å². The predicted molar refractivity (Wildman–Crippen MR) is 230 cm³/mol. The van der Waals surface area contributed by atoms with Gasteiger partial charge in [-0.2, -0.15) is 0 Å². The van der Waals surface area contributed by atoms with E-state index in [4.69, 9.17) is 29.4 Å². The molecule has 0 spiro atoms. The zero-order valence-electron chi connectivity index (χ0n) is 30.6. The van der Waals surface area contributed by atoms with Crippen molar-refractivity contribution in [3.05, 3.63) is 158 Å². The summed E-state index contributed by atoms with van der Waals surface area (Å²) in [6.45, 7) is 0. The third-order valence-corrected chi connectivity index (χ3v) is 11.0. The predicted octanol–water partition coefficient (Wildman–Crippen LogP) is 12.4. The lowest BCUT2D eigenvalue weighted by atomic mass is 9.97. The minimum absolute atomic E-state index is 0.807. The highest BCUT2D eigenvalue weighted by Gasteiger charge is 2.15. The zero-order valence-corrected chi connectivity index (χ0v) is 30.6. The Kier molecular flexibility index (Phi) is 7.19. The first-order valence-corrected chi connectivity index (χ1v) is 18.6. The zero-order chi connectivity index (χ0) is 37.3. The molecule has 6 aromatic carbocycles. The molecule has 0 atom stereocenters. The average Bonchev–Trinajstić information content (AvgIpc) is 3.27. The van der Waals surface area contributed by atoms with Crippen LogP contribution in [0.5, 0.6) is 11.5 Å². The Morgan fingerprint density at radius 3 is 1.09 bits per heavy atom. The van der Waals surface area contributed by atoms with E-state index in [-0.39, 0.29) is 0 Å². The Morgan fingerprint density at radius 1 is 0.321 bits per heavy atom. The number of hydrogen-bond acceptors (Lipinski definition) is 6. The normalized spacial score (nSPS) is 11.8. The summed E-state index contributed by atoms with van der Waals surface area (Å²) in [6, 6.07) is 54.7. The number of ether oxygens (including phenoxy) is 2. The molecule has 6 nitrogen and oxygen atoms in total. The first kappa shape index (κ1) is 32.0. The fourth-order valence-electron chi connectivity index (χ4n) is 8.21. The second-order valence-electron chi connectivity index (χ2n) is 14.1. The van der Waals surface area contributed by atoms with Gasteiger partial charge in [-0.25, -0.2) is 19.9 Å². The number of hydrogen-bond donors (Lipinski definition) is 0. The minimum atomic E-state index is 0.807. The van der Waals surface area contributed by atoms with Crippen LogP contribution in [0.25, 0.3) is 109 Å². The molecular weight excluding hydrogens is 689 g/mol. The van der Waals surface area contributed by atoms with Crippen molar-refractivity contribution >= 4 is 87.2 Å². The number of aromatic nitrogens is 4. The quantitative estimate of drug-likeness (QED) is 0.180. The van der Waals surface area contributed by atoms with E-state index in [1.54, 1.807) is 14.2 Å². The van der Waals surface area contributed by atoms with Crippen LogP contribution < -0.4 is 9.47 Å². The van der Waals surface area contributed by atoms with E-state index in [0.29, 0.717) is 0 Å². The molecule has 5 aromatic heterocycles. The van der Waals surface area contributed by atoms with Crippen molar-refractivity contribution in [1.82, 2.24) is 19.9 Å². The van der Waals surface area contributed by atoms with Crippen molar-refractivity contribution in [3.63, 3.8) is 0 Å². The van der Waals surface area contributed by atoms with Crippen LogP contribution in [-0.4, -0.2) is 34.2 Å². The molecule has 0 fully saturated rings. The van der Waals surface area contributed by atoms with E-state index in [9.17, 15) is 0 Å². The van der Waals surface area contributed by atoms with Gasteiger partial charge < -0.3 is 9.47 Å². The highest BCUT2D eigenvalue weighted by atomic mass is 16.5. The van der Waals surface area contributed by atoms with E-state index < -0.39 is 0 Å². The molecule has 0 N–H and O–H groups in total. The molecule has 0 unspecified atom stereocenters. The summed E-state index contributed by atoms with van der Waals surface area (Å²) in [4.78, 5) is 21.9. The maximum Gasteiger partial charge on any atom is 0.118 e. The van der Waals surface area contributed by atoms with Gasteiger partial charge >= 0.3 is 0 Å². The van der Waals surface area contributed by atoms with Crippen molar-refractivity contribution < 1.29 is 9.47 Å². The molecule has 11 aromatic rings. The van der Waals surface area contributed by atoms with Crippen LogP contribution in [0.4, 0.5) is 0 Å². The maximum absolute atomic E-state index is 5.53. The third kappa shape index (κ3) is 5.03. The summed E-state index contributed by atoms with van der Waals surface area (Å²) in [7, 11) is 3.38. The van der Waals surface area contributed by atoms with Gasteiger partial charge in [-0.15, -0.1) is 0 Å². The SMILES string of the molecule is COc1ccc(-c2cc3nc4c2cccc4c2ccc4cccc(c5cc(-c6ccc(OC)cc6)c6cccc(c7ccc8cccc3c8n7)c6n5)c4n2)cc1. The smallest absolute Gasteiger partial charge is 0.118 e. The van der Waals surface area contributed by atoms with Crippen LogP contribution in [-0.2, 0) is 0 Å². The van der Waals surface area contributed by atoms with Crippen molar-refractivity contribution in [1.29, 1.82) is 0 Å². The highest BCUT2D eigenvalue weighted by Crippen LogP contribution is 2.38. The number of nitrogens with zero attached hydrogens (tertiary/aromatic N) is 4. The van der Waals surface area contributed by atoms with E-state index >= 15 is 0 Å². The average molecular weight is 721 g/mol. The Morgan fingerprint density at radius 2 is 0.679 bits per heavy atom. The first-order chi connectivity index (χ1) is 27.6. The Hall–Kier alpha value is -7.44. The molecule has 0 aliphatic heterocycles. The molecule has 0 saturated heterocycles. The molecule has 0 saturated carbocycles. The number of benzene rings is 6. The molecule has 0 aliphatic rings. The van der Waals surface area contributed by atoms with Gasteiger partial charge in [-0.3, -0.25) is 0 Å². The topological polar surface area (TPSA) is 70.0 Å². The van der Waals surface area contributed by atoms with Crippen molar-refractivity contribution in [2.24, 2.45) is 0 Å². The van der Waals surface area contributed by atoms with E-state index in [2.05, 4.69) is 133 Å². The lowest BCUT2D eigenvalue weighted by Gasteiger charge is -2.12. The highest BCUT2D eigenvalue weighted by molar-refractivity contribution is 6.16. The molecule has 0 amide bonds. The minimum Gasteiger partial charge on any atom is -0.497 e. The van der Waals surface area contributed by atoms with Gasteiger partial charge in [0.05, 0.1) is 58.4 Å². The van der Waals surface area contributed by atoms with Gasteiger partial charge in [0.2, 0.25) is 0 Å². The molecule has 8 bridgehead atoms. The second kappa shape index (κ2) is 12.6. The summed E-state index contributed by atoms with van der Waals surface area (Å²) < 4.78 is 11.1. The number of pyridine rings is 4. The van der Waals surface area contributed by atoms with E-state index in [1.807, 2.05) is 24.3 Å². The van der Waals surface area contributed by atoms with Crippen molar-refractivity contribution in [3.8, 4) is 33.8 Å². The number of rotatable bonds is 4. The number of fused-ring (bicyclic) bond motifs is 8. The first-order valence-electron chi connectivity index (χ1n) is 18.6. The van der Waals surface area contributed by atoms with Crippen LogP contribution in [0, 0.1) is 0 Å². The Balaban J connectivity index is 1.38. The summed E-state index contributed by atoms with van der Waals surface area (Å²) >= 11 is 0. The van der Waals surface area contributed by atoms with Gasteiger partial charge in [0.1, 0.15) is 11.5 Å². The largest absolute Gasteiger partial charge is 0.497 e. The Bertz CT molecular complexity index is 3200. The molecule has 0 aliphatic carbocycles. The number of methoxy groups -OCH3 is 2. The second-order valence-corrected chi connectivity index (χ2v) is 14.1. The molecule has 264 valence electrons. The van der Waals surface area contributed by atoms with E-state index in [1.165, 1.54) is 0 Å². The summed E-state index contributed by atoms with van der Waals surface area (Å²) in [5.41, 5.74) is 11.1. The summed E-state index contributed by atoms with van der Waals surface area (Å²) in [5.74, 6) is 1.61. The molecule has 56 heavy (non-hydrogen) atoms. The summed E-state index contributed by atoms with van der Waals surface area (Å²) in [6.07, 6.45) is 0. The molecule has 6 heteroatoms. The summed E-state index contributed by atoms with van der Waals surface area (Å²) in [5, 5.41) is 7.92. The van der Waals surface area contributed by atoms with Gasteiger partial charge in [-0.1, -0.05) is 109 Å². The molecule has 11 rings (SSSR count). The van der Waals surface area contributed by atoms with E-state index in [0.717, 1.165) is 121 Å². The van der Waals surface area contributed by atoms with Crippen LogP contribution in [0.15, 0.2) is 158 Å². The van der Waals surface area contributed by atoms with Crippen molar-refractivity contribution in [2.45, 2.75) is 0 Å². The van der Waals surface area contributed by atoms with Gasteiger partial charge in [0, 0.05) is 43.1 Å². The molecular formula is C50H32N4O2. The van der Waals surface area contributed by atoms with Gasteiger partial charge in [0.15, 0.2) is 0 Å². The number of para-hydroxylation sites is 4. The standard InChI is InChI=1S/C50H32N4O2/c1-55-33-21-15-29(16-22-33)41-27-45-39-11-3-7-31-20-26-44(52-47(31)39)38-14-6-10-36-42(30-17-23-34(56-2)24-18-30)28-46(54-50(36)38)40-12-4-8-32-19-25-43(51-48(32)40)37-13-5-9-35(41)49(37)53-45/h3-28H,1-2H3. The van der Waals surface area contributed by atoms with Crippen LogP contribution in [0.1, 0.15) is 0 Å². The van der Waals surface area contributed by atoms with Crippen LogP contribution in [0.2, 0.25) is 0 Å². The van der Waals surface area contributed by atoms with Gasteiger partial charge in [0.25, 0.3) is 0 Å².